The van der Waals surface area contributed by atoms with Gasteiger partial charge in [-0.3, -0.25) is 0 Å². The molecule has 2 heterocycles. The Morgan fingerprint density at radius 2 is 2.07 bits per heavy atom. The number of hydrogen-bond donors (Lipinski definition) is 0. The van der Waals surface area contributed by atoms with E-state index in [9.17, 15) is 4.39 Å². The van der Waals surface area contributed by atoms with Crippen LogP contribution in [0.2, 0.25) is 0 Å². The molecule has 27 heavy (non-hydrogen) atoms. The minimum Gasteiger partial charge on any atom is -0.343 e. The van der Waals surface area contributed by atoms with Crippen molar-refractivity contribution in [2.24, 2.45) is 5.41 Å². The number of rotatable bonds is 2. The number of ether oxygens (including phenoxy) is 2. The van der Waals surface area contributed by atoms with Crippen LogP contribution in [0.5, 0.6) is 0 Å². The largest absolute Gasteiger partial charge is 0.343 e. The summed E-state index contributed by atoms with van der Waals surface area (Å²) in [5, 5.41) is 4.57. The van der Waals surface area contributed by atoms with Gasteiger partial charge in [-0.1, -0.05) is 18.6 Å². The van der Waals surface area contributed by atoms with Gasteiger partial charge in [-0.2, -0.15) is 5.10 Å². The number of halogens is 1. The first-order chi connectivity index (χ1) is 13.0. The molecular formula is C22H23FN2O2. The summed E-state index contributed by atoms with van der Waals surface area (Å²) in [6, 6.07) is 6.44. The predicted octanol–water partition coefficient (Wildman–Crippen LogP) is 4.44. The third kappa shape index (κ3) is 2.25. The van der Waals surface area contributed by atoms with Gasteiger partial charge in [-0.05, 0) is 55.7 Å². The Bertz CT molecular complexity index is 948. The summed E-state index contributed by atoms with van der Waals surface area (Å²) in [6.45, 7) is 8.18. The molecule has 0 N–H and O–H groups in total. The zero-order valence-corrected chi connectivity index (χ0v) is 15.6. The van der Waals surface area contributed by atoms with E-state index in [2.05, 4.69) is 24.7 Å². The van der Waals surface area contributed by atoms with Gasteiger partial charge in [0.25, 0.3) is 0 Å². The van der Waals surface area contributed by atoms with Crippen molar-refractivity contribution in [2.75, 3.05) is 0 Å². The molecule has 5 heteroatoms. The van der Waals surface area contributed by atoms with Crippen LogP contribution in [0, 0.1) is 11.2 Å². The van der Waals surface area contributed by atoms with E-state index in [-0.39, 0.29) is 23.4 Å². The molecule has 1 aliphatic heterocycles. The van der Waals surface area contributed by atoms with Crippen LogP contribution in [0.4, 0.5) is 4.39 Å². The van der Waals surface area contributed by atoms with E-state index in [1.54, 1.807) is 12.1 Å². The van der Waals surface area contributed by atoms with Crippen LogP contribution < -0.4 is 0 Å². The van der Waals surface area contributed by atoms with Crippen LogP contribution in [0.3, 0.4) is 0 Å². The average molecular weight is 366 g/mol. The number of benzene rings is 1. The topological polar surface area (TPSA) is 36.3 Å². The summed E-state index contributed by atoms with van der Waals surface area (Å²) in [5.41, 5.74) is 4.20. The Morgan fingerprint density at radius 1 is 1.30 bits per heavy atom. The molecule has 0 radical (unpaired) electrons. The molecule has 1 saturated heterocycles. The Morgan fingerprint density at radius 3 is 2.78 bits per heavy atom. The van der Waals surface area contributed by atoms with E-state index in [0.717, 1.165) is 36.2 Å². The maximum atomic E-state index is 13.3. The second kappa shape index (κ2) is 5.63. The fourth-order valence-corrected chi connectivity index (χ4v) is 4.92. The molecule has 4 atom stereocenters. The van der Waals surface area contributed by atoms with Crippen molar-refractivity contribution in [3.05, 3.63) is 65.8 Å². The zero-order chi connectivity index (χ0) is 18.8. The van der Waals surface area contributed by atoms with Gasteiger partial charge in [0.15, 0.2) is 5.79 Å². The van der Waals surface area contributed by atoms with Crippen LogP contribution in [-0.4, -0.2) is 27.8 Å². The van der Waals surface area contributed by atoms with Crippen LogP contribution in [0.25, 0.3) is 11.8 Å². The second-order valence-corrected chi connectivity index (χ2v) is 8.02. The van der Waals surface area contributed by atoms with Gasteiger partial charge in [-0.25, -0.2) is 9.07 Å². The van der Waals surface area contributed by atoms with Crippen molar-refractivity contribution in [1.82, 2.24) is 9.78 Å². The van der Waals surface area contributed by atoms with Crippen molar-refractivity contribution < 1.29 is 13.9 Å². The number of hydrogen-bond acceptors (Lipinski definition) is 3. The predicted molar refractivity (Wildman–Crippen MR) is 101 cm³/mol. The summed E-state index contributed by atoms with van der Waals surface area (Å²) < 4.78 is 28.0. The normalized spacial score (nSPS) is 34.4. The van der Waals surface area contributed by atoms with E-state index in [1.165, 1.54) is 17.7 Å². The van der Waals surface area contributed by atoms with E-state index in [4.69, 9.17) is 9.47 Å². The van der Waals surface area contributed by atoms with E-state index >= 15 is 0 Å². The lowest BCUT2D eigenvalue weighted by Crippen LogP contribution is -2.46. The highest BCUT2D eigenvalue weighted by Crippen LogP contribution is 2.60. The molecule has 0 bridgehead atoms. The van der Waals surface area contributed by atoms with Gasteiger partial charge in [-0.15, -0.1) is 6.58 Å². The Kier molecular flexibility index (Phi) is 3.52. The Labute approximate surface area is 158 Å². The third-order valence-electron chi connectivity index (χ3n) is 6.48. The molecule has 1 saturated carbocycles. The first-order valence-corrected chi connectivity index (χ1v) is 9.48. The average Bonchev–Trinajstić information content (AvgIpc) is 3.29. The van der Waals surface area contributed by atoms with Crippen molar-refractivity contribution in [1.29, 1.82) is 0 Å². The van der Waals surface area contributed by atoms with Crippen LogP contribution >= 0.6 is 0 Å². The Balaban J connectivity index is 1.55. The minimum atomic E-state index is -0.604. The van der Waals surface area contributed by atoms with Gasteiger partial charge >= 0.3 is 0 Å². The summed E-state index contributed by atoms with van der Waals surface area (Å²) in [7, 11) is 0. The van der Waals surface area contributed by atoms with Gasteiger partial charge in [0.1, 0.15) is 11.9 Å². The molecule has 3 aliphatic rings. The molecule has 2 aromatic rings. The fourth-order valence-electron chi connectivity index (χ4n) is 4.92. The smallest absolute Gasteiger partial charge is 0.179 e. The molecule has 140 valence electrons. The maximum absolute atomic E-state index is 13.3. The molecule has 0 amide bonds. The van der Waals surface area contributed by atoms with E-state index < -0.39 is 5.79 Å². The Hall–Kier alpha value is -2.24. The fraction of sp³-hybridized carbons (Fsp3) is 0.409. The van der Waals surface area contributed by atoms with Crippen molar-refractivity contribution in [2.45, 2.75) is 51.1 Å². The standard InChI is InChI=1S/C22H23FN2O2/c1-4-20-14(2)26-22(27-20)10-9-16-11-19-15(12-21(16,22)3)13-24-25(19)18-7-5-17(23)6-8-18/h4-8,11,13-14,20H,1,9-10,12H2,2-3H3/t14-,20-,21+,22?/m1/s1. The molecule has 2 fully saturated rings. The van der Waals surface area contributed by atoms with Crippen molar-refractivity contribution in [3.8, 4) is 5.69 Å². The zero-order valence-electron chi connectivity index (χ0n) is 15.6. The molecule has 1 aromatic heterocycles. The first kappa shape index (κ1) is 16.9. The summed E-state index contributed by atoms with van der Waals surface area (Å²) in [6.07, 6.45) is 8.48. The number of aromatic nitrogens is 2. The van der Waals surface area contributed by atoms with Gasteiger partial charge < -0.3 is 9.47 Å². The van der Waals surface area contributed by atoms with Crippen LogP contribution in [0.1, 0.15) is 37.9 Å². The van der Waals surface area contributed by atoms with Crippen LogP contribution in [0.15, 0.2) is 48.7 Å². The summed E-state index contributed by atoms with van der Waals surface area (Å²) in [4.78, 5) is 0. The molecule has 2 aliphatic carbocycles. The number of nitrogens with zero attached hydrogens (tertiary/aromatic N) is 2. The van der Waals surface area contributed by atoms with Gasteiger partial charge in [0, 0.05) is 11.8 Å². The number of fused-ring (bicyclic) bond motifs is 3. The lowest BCUT2D eigenvalue weighted by Gasteiger charge is -2.42. The summed E-state index contributed by atoms with van der Waals surface area (Å²) in [5.74, 6) is -0.850. The molecular weight excluding hydrogens is 343 g/mol. The first-order valence-electron chi connectivity index (χ1n) is 9.48. The lowest BCUT2D eigenvalue weighted by atomic mass is 9.72. The molecule has 1 unspecified atom stereocenters. The highest BCUT2D eigenvalue weighted by atomic mass is 19.1. The molecule has 1 aromatic carbocycles. The van der Waals surface area contributed by atoms with Crippen molar-refractivity contribution >= 4 is 6.08 Å². The second-order valence-electron chi connectivity index (χ2n) is 8.02. The monoisotopic (exact) mass is 366 g/mol. The molecule has 5 rings (SSSR count). The van der Waals surface area contributed by atoms with Gasteiger partial charge in [0.2, 0.25) is 0 Å². The van der Waals surface area contributed by atoms with Crippen LogP contribution in [-0.2, 0) is 15.9 Å². The highest BCUT2D eigenvalue weighted by molar-refractivity contribution is 5.62. The maximum Gasteiger partial charge on any atom is 0.179 e. The van der Waals surface area contributed by atoms with Crippen molar-refractivity contribution in [3.63, 3.8) is 0 Å². The highest BCUT2D eigenvalue weighted by Gasteiger charge is 2.62. The summed E-state index contributed by atoms with van der Waals surface area (Å²) >= 11 is 0. The lowest BCUT2D eigenvalue weighted by molar-refractivity contribution is -0.220. The minimum absolute atomic E-state index is 0.00186. The molecule has 4 nitrogen and oxygen atoms in total. The van der Waals surface area contributed by atoms with E-state index in [0.29, 0.717) is 0 Å². The third-order valence-corrected chi connectivity index (χ3v) is 6.48. The van der Waals surface area contributed by atoms with E-state index in [1.807, 2.05) is 23.9 Å². The van der Waals surface area contributed by atoms with Gasteiger partial charge in [0.05, 0.1) is 23.7 Å². The molecule has 1 spiro atoms. The SMILES string of the molecule is C=C[C@H]1OC2(CCC3=Cc4c(cnn4-c4ccc(F)cc4)C[C@@]32C)O[C@@H]1C. The quantitative estimate of drug-likeness (QED) is 0.738.